The average molecular weight is 432 g/mol. The van der Waals surface area contributed by atoms with Crippen molar-refractivity contribution in [1.82, 2.24) is 0 Å². The summed E-state index contributed by atoms with van der Waals surface area (Å²) < 4.78 is 24.6. The third kappa shape index (κ3) is 5.72. The van der Waals surface area contributed by atoms with Gasteiger partial charge in [-0.15, -0.1) is 0 Å². The van der Waals surface area contributed by atoms with Crippen molar-refractivity contribution in [3.05, 3.63) is 87.2 Å². The number of hydrogen-bond acceptors (Lipinski definition) is 3. The SMILES string of the molecule is CCOc1cc(C=Nc2cc(Cl)ccc2C)cc(Cl)c1OCc1ccc(F)cc1. The summed E-state index contributed by atoms with van der Waals surface area (Å²) in [5, 5.41) is 1.03. The second-order valence-electron chi connectivity index (χ2n) is 6.37. The van der Waals surface area contributed by atoms with Crippen LogP contribution in [0.2, 0.25) is 10.0 Å². The molecule has 0 N–H and O–H groups in total. The minimum atomic E-state index is -0.291. The summed E-state index contributed by atoms with van der Waals surface area (Å²) in [6.07, 6.45) is 1.71. The highest BCUT2D eigenvalue weighted by Crippen LogP contribution is 2.37. The summed E-state index contributed by atoms with van der Waals surface area (Å²) in [6, 6.07) is 15.2. The van der Waals surface area contributed by atoms with E-state index in [1.54, 1.807) is 30.5 Å². The summed E-state index contributed by atoms with van der Waals surface area (Å²) in [4.78, 5) is 4.51. The molecule has 0 aliphatic carbocycles. The van der Waals surface area contributed by atoms with Gasteiger partial charge in [-0.1, -0.05) is 41.4 Å². The molecule has 3 rings (SSSR count). The molecule has 6 heteroatoms. The molecule has 150 valence electrons. The number of nitrogens with zero attached hydrogens (tertiary/aromatic N) is 1. The Hall–Kier alpha value is -2.56. The summed E-state index contributed by atoms with van der Waals surface area (Å²) in [5.74, 6) is 0.667. The average Bonchev–Trinajstić information content (AvgIpc) is 2.69. The Bertz CT molecular complexity index is 1020. The van der Waals surface area contributed by atoms with E-state index in [2.05, 4.69) is 4.99 Å². The van der Waals surface area contributed by atoms with Gasteiger partial charge in [-0.25, -0.2) is 4.39 Å². The molecule has 0 aliphatic heterocycles. The van der Waals surface area contributed by atoms with Crippen LogP contribution in [0.15, 0.2) is 59.6 Å². The molecule has 0 amide bonds. The van der Waals surface area contributed by atoms with Crippen molar-refractivity contribution in [2.24, 2.45) is 4.99 Å². The third-order valence-corrected chi connectivity index (χ3v) is 4.67. The summed E-state index contributed by atoms with van der Waals surface area (Å²) >= 11 is 12.5. The molecule has 0 fully saturated rings. The van der Waals surface area contributed by atoms with E-state index in [9.17, 15) is 4.39 Å². The lowest BCUT2D eigenvalue weighted by molar-refractivity contribution is 0.269. The summed E-state index contributed by atoms with van der Waals surface area (Å²) in [7, 11) is 0. The van der Waals surface area contributed by atoms with E-state index in [0.29, 0.717) is 28.2 Å². The maximum Gasteiger partial charge on any atom is 0.180 e. The van der Waals surface area contributed by atoms with Gasteiger partial charge in [0.25, 0.3) is 0 Å². The first-order valence-electron chi connectivity index (χ1n) is 9.10. The zero-order chi connectivity index (χ0) is 20.8. The highest BCUT2D eigenvalue weighted by molar-refractivity contribution is 6.32. The number of rotatable bonds is 7. The Morgan fingerprint density at radius 3 is 2.48 bits per heavy atom. The molecular weight excluding hydrogens is 412 g/mol. The number of aryl methyl sites for hydroxylation is 1. The van der Waals surface area contributed by atoms with Crippen molar-refractivity contribution in [2.45, 2.75) is 20.5 Å². The molecular formula is C23H20Cl2FNO2. The minimum absolute atomic E-state index is 0.245. The highest BCUT2D eigenvalue weighted by atomic mass is 35.5. The molecule has 3 aromatic carbocycles. The van der Waals surface area contributed by atoms with E-state index in [0.717, 1.165) is 22.4 Å². The van der Waals surface area contributed by atoms with Gasteiger partial charge in [0.2, 0.25) is 0 Å². The minimum Gasteiger partial charge on any atom is -0.490 e. The molecule has 0 saturated carbocycles. The lowest BCUT2D eigenvalue weighted by atomic mass is 10.2. The molecule has 0 aromatic heterocycles. The molecule has 0 atom stereocenters. The van der Waals surface area contributed by atoms with Gasteiger partial charge in [-0.2, -0.15) is 0 Å². The number of hydrogen-bond donors (Lipinski definition) is 0. The van der Waals surface area contributed by atoms with Crippen LogP contribution < -0.4 is 9.47 Å². The first kappa shape index (κ1) is 21.2. The topological polar surface area (TPSA) is 30.8 Å². The van der Waals surface area contributed by atoms with Gasteiger partial charge < -0.3 is 9.47 Å². The zero-order valence-electron chi connectivity index (χ0n) is 16.1. The lowest BCUT2D eigenvalue weighted by Crippen LogP contribution is -2.01. The van der Waals surface area contributed by atoms with Gasteiger partial charge in [-0.05, 0) is 66.9 Å². The third-order valence-electron chi connectivity index (χ3n) is 4.15. The van der Waals surface area contributed by atoms with Crippen molar-refractivity contribution in [3.8, 4) is 11.5 Å². The standard InChI is InChI=1S/C23H20Cl2FNO2/c1-3-28-22-11-17(13-27-21-12-18(24)7-4-15(21)2)10-20(25)23(22)29-14-16-5-8-19(26)9-6-16/h4-13H,3,14H2,1-2H3. The van der Waals surface area contributed by atoms with E-state index in [1.165, 1.54) is 12.1 Å². The maximum atomic E-state index is 13.1. The quantitative estimate of drug-likeness (QED) is 0.371. The van der Waals surface area contributed by atoms with Gasteiger partial charge >= 0.3 is 0 Å². The predicted molar refractivity (Wildman–Crippen MR) is 117 cm³/mol. The van der Waals surface area contributed by atoms with Gasteiger partial charge in [-0.3, -0.25) is 4.99 Å². The Labute approximate surface area is 179 Å². The Morgan fingerprint density at radius 1 is 1.00 bits per heavy atom. The van der Waals surface area contributed by atoms with E-state index in [1.807, 2.05) is 32.0 Å². The molecule has 0 saturated heterocycles. The Balaban J connectivity index is 1.84. The van der Waals surface area contributed by atoms with Crippen molar-refractivity contribution < 1.29 is 13.9 Å². The first-order chi connectivity index (χ1) is 14.0. The zero-order valence-corrected chi connectivity index (χ0v) is 17.6. The molecule has 29 heavy (non-hydrogen) atoms. The maximum absolute atomic E-state index is 13.1. The van der Waals surface area contributed by atoms with E-state index in [-0.39, 0.29) is 12.4 Å². The molecule has 0 bridgehead atoms. The molecule has 3 aromatic rings. The van der Waals surface area contributed by atoms with E-state index < -0.39 is 0 Å². The fourth-order valence-electron chi connectivity index (χ4n) is 2.67. The summed E-state index contributed by atoms with van der Waals surface area (Å²) in [5.41, 5.74) is 3.39. The fraction of sp³-hybridized carbons (Fsp3) is 0.174. The molecule has 0 spiro atoms. The number of halogens is 3. The van der Waals surface area contributed by atoms with E-state index >= 15 is 0 Å². The van der Waals surface area contributed by atoms with Gasteiger partial charge in [0.05, 0.1) is 17.3 Å². The van der Waals surface area contributed by atoms with Crippen LogP contribution in [0.4, 0.5) is 10.1 Å². The largest absolute Gasteiger partial charge is 0.490 e. The van der Waals surface area contributed by atoms with Gasteiger partial charge in [0.15, 0.2) is 11.5 Å². The number of benzene rings is 3. The fourth-order valence-corrected chi connectivity index (χ4v) is 3.11. The van der Waals surface area contributed by atoms with Crippen LogP contribution in [-0.4, -0.2) is 12.8 Å². The first-order valence-corrected chi connectivity index (χ1v) is 9.85. The monoisotopic (exact) mass is 431 g/mol. The second-order valence-corrected chi connectivity index (χ2v) is 7.21. The van der Waals surface area contributed by atoms with Crippen molar-refractivity contribution in [3.63, 3.8) is 0 Å². The Morgan fingerprint density at radius 2 is 1.76 bits per heavy atom. The van der Waals surface area contributed by atoms with Gasteiger partial charge in [0, 0.05) is 11.2 Å². The smallest absolute Gasteiger partial charge is 0.180 e. The van der Waals surface area contributed by atoms with Crippen molar-refractivity contribution >= 4 is 35.1 Å². The molecule has 3 nitrogen and oxygen atoms in total. The lowest BCUT2D eigenvalue weighted by Gasteiger charge is -2.14. The van der Waals surface area contributed by atoms with E-state index in [4.69, 9.17) is 32.7 Å². The number of aliphatic imine (C=N–C) groups is 1. The van der Waals surface area contributed by atoms with Crippen LogP contribution in [0.1, 0.15) is 23.6 Å². The van der Waals surface area contributed by atoms with Crippen molar-refractivity contribution in [1.29, 1.82) is 0 Å². The highest BCUT2D eigenvalue weighted by Gasteiger charge is 2.13. The van der Waals surface area contributed by atoms with Crippen LogP contribution >= 0.6 is 23.2 Å². The van der Waals surface area contributed by atoms with Gasteiger partial charge in [0.1, 0.15) is 12.4 Å². The van der Waals surface area contributed by atoms with Crippen LogP contribution in [0.5, 0.6) is 11.5 Å². The van der Waals surface area contributed by atoms with Crippen LogP contribution in [0.3, 0.4) is 0 Å². The normalized spacial score (nSPS) is 11.1. The van der Waals surface area contributed by atoms with Crippen molar-refractivity contribution in [2.75, 3.05) is 6.61 Å². The second kappa shape index (κ2) is 9.77. The molecule has 0 unspecified atom stereocenters. The molecule has 0 aliphatic rings. The Kier molecular flexibility index (Phi) is 7.13. The van der Waals surface area contributed by atoms with Crippen LogP contribution in [-0.2, 0) is 6.61 Å². The molecule has 0 heterocycles. The predicted octanol–water partition coefficient (Wildman–Crippen LogP) is 7.17. The summed E-state index contributed by atoms with van der Waals surface area (Å²) in [6.45, 7) is 4.55. The molecule has 0 radical (unpaired) electrons. The van der Waals surface area contributed by atoms with Crippen LogP contribution in [0, 0.1) is 12.7 Å². The van der Waals surface area contributed by atoms with Crippen LogP contribution in [0.25, 0.3) is 0 Å². The number of ether oxygens (including phenoxy) is 2.